The standard InChI is InChI=1S/C15H10F2N4O2/c16-12(17)7-23-9-3-1-2-8(4-9)13-10(5-18)14(20)21-15(22)11(13)6-19/h1-4,12H,7H2,(H3,20,21,22). The fraction of sp³-hybridized carbons (Fsp3) is 0.133. The lowest BCUT2D eigenvalue weighted by atomic mass is 9.96. The predicted octanol–water partition coefficient (Wildman–Crippen LogP) is 2.01. The molecule has 0 radical (unpaired) electrons. The Hall–Kier alpha value is -3.39. The number of H-pyrrole nitrogens is 1. The molecule has 3 N–H and O–H groups in total. The SMILES string of the molecule is N#Cc1c(N)[nH]c(=O)c(C#N)c1-c1cccc(OCC(F)F)c1. The molecule has 0 saturated carbocycles. The molecule has 8 heteroatoms. The molecule has 116 valence electrons. The van der Waals surface area contributed by atoms with E-state index in [1.807, 2.05) is 6.07 Å². The number of ether oxygens (including phenoxy) is 1. The first-order valence-electron chi connectivity index (χ1n) is 6.35. The van der Waals surface area contributed by atoms with Gasteiger partial charge in [-0.1, -0.05) is 12.1 Å². The van der Waals surface area contributed by atoms with Crippen molar-refractivity contribution in [2.75, 3.05) is 12.3 Å². The molecule has 1 aromatic heterocycles. The van der Waals surface area contributed by atoms with Crippen molar-refractivity contribution in [1.82, 2.24) is 4.98 Å². The largest absolute Gasteiger partial charge is 0.488 e. The van der Waals surface area contributed by atoms with Gasteiger partial charge in [0.05, 0.1) is 0 Å². The van der Waals surface area contributed by atoms with Crippen molar-refractivity contribution in [1.29, 1.82) is 10.5 Å². The van der Waals surface area contributed by atoms with E-state index in [0.29, 0.717) is 5.56 Å². The monoisotopic (exact) mass is 316 g/mol. The number of rotatable bonds is 4. The Morgan fingerprint density at radius 3 is 2.57 bits per heavy atom. The lowest BCUT2D eigenvalue weighted by molar-refractivity contribution is 0.0819. The van der Waals surface area contributed by atoms with Gasteiger partial charge in [-0.15, -0.1) is 0 Å². The maximum absolute atomic E-state index is 12.2. The molecule has 0 aliphatic heterocycles. The first kappa shape index (κ1) is 16.0. The summed E-state index contributed by atoms with van der Waals surface area (Å²) >= 11 is 0. The molecule has 2 aromatic rings. The Kier molecular flexibility index (Phi) is 4.58. The van der Waals surface area contributed by atoms with Gasteiger partial charge in [0.25, 0.3) is 12.0 Å². The summed E-state index contributed by atoms with van der Waals surface area (Å²) in [6, 6.07) is 9.37. The van der Waals surface area contributed by atoms with Crippen LogP contribution in [0.2, 0.25) is 0 Å². The van der Waals surface area contributed by atoms with Crippen molar-refractivity contribution in [3.63, 3.8) is 0 Å². The fourth-order valence-electron chi connectivity index (χ4n) is 2.03. The third kappa shape index (κ3) is 3.27. The van der Waals surface area contributed by atoms with E-state index in [1.165, 1.54) is 24.3 Å². The maximum Gasteiger partial charge on any atom is 0.272 e. The van der Waals surface area contributed by atoms with Gasteiger partial charge in [-0.05, 0) is 17.7 Å². The van der Waals surface area contributed by atoms with Gasteiger partial charge in [-0.25, -0.2) is 8.78 Å². The first-order chi connectivity index (χ1) is 11.0. The minimum absolute atomic E-state index is 0.0405. The van der Waals surface area contributed by atoms with Crippen LogP contribution in [-0.4, -0.2) is 18.0 Å². The maximum atomic E-state index is 12.2. The molecule has 1 aromatic carbocycles. The Morgan fingerprint density at radius 2 is 1.96 bits per heavy atom. The van der Waals surface area contributed by atoms with Crippen LogP contribution in [0.3, 0.4) is 0 Å². The number of nitriles is 2. The molecule has 0 spiro atoms. The molecule has 0 amide bonds. The Balaban J connectivity index is 2.63. The molecule has 0 bridgehead atoms. The molecule has 0 aliphatic rings. The summed E-state index contributed by atoms with van der Waals surface area (Å²) in [6.07, 6.45) is -2.64. The highest BCUT2D eigenvalue weighted by Crippen LogP contribution is 2.30. The van der Waals surface area contributed by atoms with Crippen LogP contribution < -0.4 is 16.0 Å². The number of hydrogen-bond acceptors (Lipinski definition) is 5. The molecule has 0 unspecified atom stereocenters. The summed E-state index contributed by atoms with van der Waals surface area (Å²) in [5.41, 5.74) is 4.84. The molecule has 0 fully saturated rings. The van der Waals surface area contributed by atoms with E-state index >= 15 is 0 Å². The molecule has 0 aliphatic carbocycles. The van der Waals surface area contributed by atoms with Gasteiger partial charge in [0.1, 0.15) is 41.4 Å². The van der Waals surface area contributed by atoms with Crippen LogP contribution >= 0.6 is 0 Å². The predicted molar refractivity (Wildman–Crippen MR) is 77.8 cm³/mol. The highest BCUT2D eigenvalue weighted by atomic mass is 19.3. The van der Waals surface area contributed by atoms with Crippen LogP contribution in [0.25, 0.3) is 11.1 Å². The minimum Gasteiger partial charge on any atom is -0.488 e. The number of benzene rings is 1. The first-order valence-corrected chi connectivity index (χ1v) is 6.35. The van der Waals surface area contributed by atoms with Crippen LogP contribution in [0.1, 0.15) is 11.1 Å². The van der Waals surface area contributed by atoms with Gasteiger partial charge in [-0.3, -0.25) is 4.79 Å². The second-order valence-electron chi connectivity index (χ2n) is 4.45. The number of aromatic amines is 1. The smallest absolute Gasteiger partial charge is 0.272 e. The van der Waals surface area contributed by atoms with E-state index in [9.17, 15) is 18.8 Å². The van der Waals surface area contributed by atoms with Gasteiger partial charge in [0, 0.05) is 5.56 Å². The normalized spacial score (nSPS) is 10.1. The van der Waals surface area contributed by atoms with Gasteiger partial charge in [0.15, 0.2) is 0 Å². The minimum atomic E-state index is -2.64. The number of hydrogen-bond donors (Lipinski definition) is 2. The zero-order chi connectivity index (χ0) is 17.0. The van der Waals surface area contributed by atoms with Crippen molar-refractivity contribution >= 4 is 5.82 Å². The van der Waals surface area contributed by atoms with Crippen LogP contribution in [0.15, 0.2) is 29.1 Å². The number of aromatic nitrogens is 1. The van der Waals surface area contributed by atoms with Crippen molar-refractivity contribution in [3.05, 3.63) is 45.7 Å². The number of nitrogens with zero attached hydrogens (tertiary/aromatic N) is 2. The highest BCUT2D eigenvalue weighted by Gasteiger charge is 2.18. The molecule has 6 nitrogen and oxygen atoms in total. The molecule has 23 heavy (non-hydrogen) atoms. The molecular formula is C15H10F2N4O2. The summed E-state index contributed by atoms with van der Waals surface area (Å²) in [6.45, 7) is -0.794. The molecule has 0 atom stereocenters. The van der Waals surface area contributed by atoms with Gasteiger partial charge in [-0.2, -0.15) is 10.5 Å². The zero-order valence-electron chi connectivity index (χ0n) is 11.6. The number of halogens is 2. The average molecular weight is 316 g/mol. The van der Waals surface area contributed by atoms with E-state index in [4.69, 9.17) is 15.7 Å². The second kappa shape index (κ2) is 6.58. The van der Waals surface area contributed by atoms with E-state index < -0.39 is 18.6 Å². The molecule has 0 saturated heterocycles. The van der Waals surface area contributed by atoms with Crippen LogP contribution in [-0.2, 0) is 0 Å². The number of nitrogen functional groups attached to an aromatic ring is 1. The summed E-state index contributed by atoms with van der Waals surface area (Å²) in [7, 11) is 0. The zero-order valence-corrected chi connectivity index (χ0v) is 11.6. The third-order valence-corrected chi connectivity index (χ3v) is 2.97. The quantitative estimate of drug-likeness (QED) is 0.895. The number of alkyl halides is 2. The number of anilines is 1. The molecular weight excluding hydrogens is 306 g/mol. The van der Waals surface area contributed by atoms with E-state index in [2.05, 4.69) is 4.98 Å². The van der Waals surface area contributed by atoms with Gasteiger partial charge < -0.3 is 15.5 Å². The summed E-state index contributed by atoms with van der Waals surface area (Å²) < 4.78 is 29.3. The van der Waals surface area contributed by atoms with Crippen molar-refractivity contribution in [2.24, 2.45) is 0 Å². The van der Waals surface area contributed by atoms with Crippen molar-refractivity contribution in [3.8, 4) is 29.0 Å². The van der Waals surface area contributed by atoms with Crippen LogP contribution in [0.5, 0.6) is 5.75 Å². The highest BCUT2D eigenvalue weighted by molar-refractivity contribution is 5.80. The Morgan fingerprint density at radius 1 is 1.26 bits per heavy atom. The average Bonchev–Trinajstić information content (AvgIpc) is 2.52. The van der Waals surface area contributed by atoms with Gasteiger partial charge in [0.2, 0.25) is 0 Å². The lowest BCUT2D eigenvalue weighted by Gasteiger charge is -2.11. The van der Waals surface area contributed by atoms with E-state index in [-0.39, 0.29) is 28.3 Å². The van der Waals surface area contributed by atoms with Crippen LogP contribution in [0, 0.1) is 22.7 Å². The Labute approximate surface area is 129 Å². The van der Waals surface area contributed by atoms with Crippen LogP contribution in [0.4, 0.5) is 14.6 Å². The van der Waals surface area contributed by atoms with E-state index in [0.717, 1.165) is 0 Å². The van der Waals surface area contributed by atoms with Crippen molar-refractivity contribution < 1.29 is 13.5 Å². The summed E-state index contributed by atoms with van der Waals surface area (Å²) in [4.78, 5) is 14.1. The number of nitrogens with one attached hydrogen (secondary N) is 1. The fourth-order valence-corrected chi connectivity index (χ4v) is 2.03. The second-order valence-corrected chi connectivity index (χ2v) is 4.45. The van der Waals surface area contributed by atoms with E-state index in [1.54, 1.807) is 6.07 Å². The van der Waals surface area contributed by atoms with Gasteiger partial charge >= 0.3 is 0 Å². The Bertz CT molecular complexity index is 879. The van der Waals surface area contributed by atoms with Crippen molar-refractivity contribution in [2.45, 2.75) is 6.43 Å². The third-order valence-electron chi connectivity index (χ3n) is 2.97. The summed E-state index contributed by atoms with van der Waals surface area (Å²) in [5.74, 6) is -0.0557. The lowest BCUT2D eigenvalue weighted by Crippen LogP contribution is -2.16. The number of nitrogens with two attached hydrogens (primary N) is 1. The topological polar surface area (TPSA) is 116 Å². The summed E-state index contributed by atoms with van der Waals surface area (Å²) in [5, 5.41) is 18.4. The molecule has 1 heterocycles. The number of pyridine rings is 1. The molecule has 2 rings (SSSR count).